The van der Waals surface area contributed by atoms with Crippen molar-refractivity contribution in [1.82, 2.24) is 4.98 Å². The van der Waals surface area contributed by atoms with Gasteiger partial charge in [-0.2, -0.15) is 0 Å². The Bertz CT molecular complexity index is 1610. The molecule has 180 valence electrons. The van der Waals surface area contributed by atoms with Crippen LogP contribution in [-0.4, -0.2) is 4.98 Å². The van der Waals surface area contributed by atoms with Gasteiger partial charge >= 0.3 is 0 Å². The lowest BCUT2D eigenvalue weighted by molar-refractivity contribution is 0.691. The molecule has 3 aliphatic rings. The van der Waals surface area contributed by atoms with Crippen LogP contribution in [0.15, 0.2) is 115 Å². The Morgan fingerprint density at radius 3 is 2.51 bits per heavy atom. The second-order valence-electron chi connectivity index (χ2n) is 10.7. The van der Waals surface area contributed by atoms with Gasteiger partial charge in [0.05, 0.1) is 0 Å². The third-order valence-corrected chi connectivity index (χ3v) is 8.30. The molecule has 0 amide bonds. The van der Waals surface area contributed by atoms with Gasteiger partial charge in [-0.1, -0.05) is 98.0 Å². The Labute approximate surface area is 219 Å². The first-order valence-corrected chi connectivity index (χ1v) is 13.6. The van der Waals surface area contributed by atoms with E-state index in [1.54, 1.807) is 0 Å². The van der Waals surface area contributed by atoms with Gasteiger partial charge in [-0.3, -0.25) is 4.98 Å². The summed E-state index contributed by atoms with van der Waals surface area (Å²) in [4.78, 5) is 4.30. The first kappa shape index (κ1) is 22.2. The van der Waals surface area contributed by atoms with E-state index in [1.807, 2.05) is 18.5 Å². The summed E-state index contributed by atoms with van der Waals surface area (Å²) in [6, 6.07) is 22.3. The molecule has 1 unspecified atom stereocenters. The van der Waals surface area contributed by atoms with Gasteiger partial charge in [0.1, 0.15) is 0 Å². The Balaban J connectivity index is 1.40. The van der Waals surface area contributed by atoms with Crippen molar-refractivity contribution in [2.75, 3.05) is 0 Å². The van der Waals surface area contributed by atoms with Gasteiger partial charge in [-0.25, -0.2) is 0 Å². The zero-order valence-electron chi connectivity index (χ0n) is 21.3. The summed E-state index contributed by atoms with van der Waals surface area (Å²) in [5, 5.41) is 2.77. The molecular formula is C36H31N. The van der Waals surface area contributed by atoms with E-state index in [-0.39, 0.29) is 0 Å². The van der Waals surface area contributed by atoms with Crippen LogP contribution in [0.1, 0.15) is 48.8 Å². The predicted octanol–water partition coefficient (Wildman–Crippen LogP) is 9.46. The fourth-order valence-corrected chi connectivity index (χ4v) is 6.54. The second-order valence-corrected chi connectivity index (χ2v) is 10.7. The van der Waals surface area contributed by atoms with Gasteiger partial charge in [0.2, 0.25) is 0 Å². The molecule has 2 atom stereocenters. The summed E-state index contributed by atoms with van der Waals surface area (Å²) >= 11 is 0. The highest BCUT2D eigenvalue weighted by Crippen LogP contribution is 2.46. The number of fused-ring (bicyclic) bond motifs is 3. The van der Waals surface area contributed by atoms with Crippen LogP contribution in [0.2, 0.25) is 0 Å². The maximum absolute atomic E-state index is 4.30. The van der Waals surface area contributed by atoms with Crippen molar-refractivity contribution in [1.29, 1.82) is 0 Å². The zero-order chi connectivity index (χ0) is 24.8. The van der Waals surface area contributed by atoms with Crippen molar-refractivity contribution >= 4 is 16.8 Å². The van der Waals surface area contributed by atoms with E-state index in [4.69, 9.17) is 0 Å². The van der Waals surface area contributed by atoms with Crippen molar-refractivity contribution in [2.45, 2.75) is 38.5 Å². The highest BCUT2D eigenvalue weighted by molar-refractivity contribution is 6.03. The van der Waals surface area contributed by atoms with Gasteiger partial charge in [0.25, 0.3) is 0 Å². The fraction of sp³-hybridized carbons (Fsp3) is 0.194. The minimum atomic E-state index is 0.403. The summed E-state index contributed by atoms with van der Waals surface area (Å²) < 4.78 is 0. The third-order valence-electron chi connectivity index (χ3n) is 8.30. The first-order chi connectivity index (χ1) is 18.3. The number of benzene rings is 3. The summed E-state index contributed by atoms with van der Waals surface area (Å²) in [6.45, 7) is 2.32. The van der Waals surface area contributed by atoms with Crippen LogP contribution in [0, 0.1) is 5.92 Å². The molecule has 37 heavy (non-hydrogen) atoms. The van der Waals surface area contributed by atoms with Crippen LogP contribution >= 0.6 is 0 Å². The zero-order valence-corrected chi connectivity index (χ0v) is 21.3. The number of hydrogen-bond acceptors (Lipinski definition) is 1. The maximum Gasteiger partial charge on any atom is 0.0346 e. The predicted molar refractivity (Wildman–Crippen MR) is 156 cm³/mol. The number of pyridine rings is 1. The number of allylic oxidation sites excluding steroid dienone is 7. The minimum Gasteiger partial charge on any atom is -0.264 e. The Morgan fingerprint density at radius 1 is 0.838 bits per heavy atom. The summed E-state index contributed by atoms with van der Waals surface area (Å²) in [7, 11) is 0. The van der Waals surface area contributed by atoms with E-state index in [0.717, 1.165) is 24.8 Å². The van der Waals surface area contributed by atoms with Crippen LogP contribution in [-0.2, 0) is 6.42 Å². The van der Waals surface area contributed by atoms with Crippen molar-refractivity contribution < 1.29 is 0 Å². The quantitative estimate of drug-likeness (QED) is 0.286. The lowest BCUT2D eigenvalue weighted by Crippen LogP contribution is -2.12. The molecule has 0 aliphatic heterocycles. The number of nitrogens with zero attached hydrogens (tertiary/aromatic N) is 1. The molecule has 7 rings (SSSR count). The number of aromatic nitrogens is 1. The van der Waals surface area contributed by atoms with Crippen LogP contribution in [0.3, 0.4) is 0 Å². The molecule has 1 nitrogen and oxygen atoms in total. The molecule has 4 aromatic rings. The van der Waals surface area contributed by atoms with E-state index in [9.17, 15) is 0 Å². The molecule has 0 spiro atoms. The van der Waals surface area contributed by atoms with Crippen LogP contribution in [0.5, 0.6) is 0 Å². The van der Waals surface area contributed by atoms with Gasteiger partial charge in [-0.05, 0) is 98.5 Å². The average Bonchev–Trinajstić information content (AvgIpc) is 2.96. The van der Waals surface area contributed by atoms with Crippen LogP contribution < -0.4 is 0 Å². The average molecular weight is 478 g/mol. The number of rotatable bonds is 3. The molecule has 0 N–H and O–H groups in total. The van der Waals surface area contributed by atoms with Crippen LogP contribution in [0.4, 0.5) is 0 Å². The molecular weight excluding hydrogens is 446 g/mol. The molecule has 0 saturated heterocycles. The highest BCUT2D eigenvalue weighted by Gasteiger charge is 2.26. The van der Waals surface area contributed by atoms with Gasteiger partial charge in [0.15, 0.2) is 0 Å². The normalized spacial score (nSPS) is 20.2. The lowest BCUT2D eigenvalue weighted by Gasteiger charge is -2.30. The molecule has 3 aliphatic carbocycles. The molecule has 3 aromatic carbocycles. The smallest absolute Gasteiger partial charge is 0.0346 e. The molecule has 0 radical (unpaired) electrons. The molecule has 0 fully saturated rings. The summed E-state index contributed by atoms with van der Waals surface area (Å²) in [5.74, 6) is 1.04. The summed E-state index contributed by atoms with van der Waals surface area (Å²) in [5.41, 5.74) is 12.5. The van der Waals surface area contributed by atoms with E-state index >= 15 is 0 Å². The van der Waals surface area contributed by atoms with Crippen LogP contribution in [0.25, 0.3) is 39.1 Å². The van der Waals surface area contributed by atoms with E-state index in [1.165, 1.54) is 61.7 Å². The maximum atomic E-state index is 4.30. The third kappa shape index (κ3) is 3.90. The van der Waals surface area contributed by atoms with Gasteiger partial charge < -0.3 is 0 Å². The van der Waals surface area contributed by atoms with E-state index in [2.05, 4.69) is 103 Å². The SMILES string of the molecule is CC1C=CC2=C[C@H](c3c4c(c(-c5ccc(-c6cccnc6)cc5)c5ccccc35)CCC=C4)CC=C2C1. The van der Waals surface area contributed by atoms with Crippen molar-refractivity contribution in [3.63, 3.8) is 0 Å². The van der Waals surface area contributed by atoms with Gasteiger partial charge in [-0.15, -0.1) is 0 Å². The topological polar surface area (TPSA) is 12.9 Å². The van der Waals surface area contributed by atoms with E-state index in [0.29, 0.717) is 11.8 Å². The first-order valence-electron chi connectivity index (χ1n) is 13.6. The largest absolute Gasteiger partial charge is 0.264 e. The fourth-order valence-electron chi connectivity index (χ4n) is 6.54. The summed E-state index contributed by atoms with van der Waals surface area (Å²) in [6.07, 6.45) is 22.8. The second kappa shape index (κ2) is 9.16. The molecule has 1 heterocycles. The van der Waals surface area contributed by atoms with Crippen molar-refractivity contribution in [3.05, 3.63) is 131 Å². The molecule has 1 aromatic heterocycles. The van der Waals surface area contributed by atoms with Crippen molar-refractivity contribution in [3.8, 4) is 22.3 Å². The molecule has 0 saturated carbocycles. The number of hydrogen-bond donors (Lipinski definition) is 0. The Morgan fingerprint density at radius 2 is 1.68 bits per heavy atom. The monoisotopic (exact) mass is 477 g/mol. The Hall–Kier alpha value is -3.97. The minimum absolute atomic E-state index is 0.403. The Kier molecular flexibility index (Phi) is 5.51. The molecule has 1 heteroatoms. The molecule has 0 bridgehead atoms. The highest BCUT2D eigenvalue weighted by atomic mass is 14.6. The van der Waals surface area contributed by atoms with E-state index < -0.39 is 0 Å². The van der Waals surface area contributed by atoms with Gasteiger partial charge in [0, 0.05) is 18.3 Å². The lowest BCUT2D eigenvalue weighted by atomic mass is 9.74. The standard InChI is InChI=1S/C36H31N/c1-24-12-13-28-22-29(19-18-27(28)21-24)36-33-10-4-2-8-31(33)35(32-9-3-5-11-34(32)36)26-16-14-25(15-17-26)30-7-6-20-37-23-30/h2,4-8,10-18,20,22-24,29H,3,9,19,21H2,1H3/t24?,29-/m1/s1. The van der Waals surface area contributed by atoms with Crippen molar-refractivity contribution in [2.24, 2.45) is 5.92 Å².